The summed E-state index contributed by atoms with van der Waals surface area (Å²) < 4.78 is 1.58. The molecule has 2 N–H and O–H groups in total. The van der Waals surface area contributed by atoms with E-state index in [0.29, 0.717) is 37.9 Å². The first-order valence-corrected chi connectivity index (χ1v) is 8.66. The van der Waals surface area contributed by atoms with Gasteiger partial charge in [0, 0.05) is 31.6 Å². The molecule has 0 spiro atoms. The number of tetrazole rings is 1. The number of nitrogens with one attached hydrogen (secondary N) is 1. The maximum atomic E-state index is 12.3. The molecule has 1 fully saturated rings. The number of hydrogen-bond acceptors (Lipinski definition) is 6. The van der Waals surface area contributed by atoms with Crippen molar-refractivity contribution < 1.29 is 14.7 Å². The second kappa shape index (κ2) is 8.52. The Labute approximate surface area is 151 Å². The number of likely N-dealkylation sites (tertiary alicyclic amines) is 1. The fourth-order valence-electron chi connectivity index (χ4n) is 3.00. The smallest absolute Gasteiger partial charge is 0.251 e. The van der Waals surface area contributed by atoms with Crippen LogP contribution in [0.4, 0.5) is 0 Å². The van der Waals surface area contributed by atoms with Gasteiger partial charge in [-0.3, -0.25) is 9.59 Å². The molecule has 3 rings (SSSR count). The predicted molar refractivity (Wildman–Crippen MR) is 92.0 cm³/mol. The third-order valence-corrected chi connectivity index (χ3v) is 4.46. The average molecular weight is 358 g/mol. The number of aromatic nitrogens is 4. The van der Waals surface area contributed by atoms with Crippen LogP contribution in [0.5, 0.6) is 0 Å². The molecule has 138 valence electrons. The molecular weight excluding hydrogens is 336 g/mol. The Morgan fingerprint density at radius 1 is 1.27 bits per heavy atom. The lowest BCUT2D eigenvalue weighted by Gasteiger charge is -2.36. The van der Waals surface area contributed by atoms with Gasteiger partial charge in [-0.15, -0.1) is 5.10 Å². The van der Waals surface area contributed by atoms with Gasteiger partial charge in [0.05, 0.1) is 12.1 Å². The van der Waals surface area contributed by atoms with Gasteiger partial charge in [-0.2, -0.15) is 0 Å². The molecule has 1 saturated heterocycles. The van der Waals surface area contributed by atoms with Crippen molar-refractivity contribution in [1.82, 2.24) is 30.4 Å². The van der Waals surface area contributed by atoms with Crippen molar-refractivity contribution in [2.24, 2.45) is 0 Å². The van der Waals surface area contributed by atoms with Gasteiger partial charge in [0.2, 0.25) is 5.91 Å². The molecule has 1 aliphatic heterocycles. The maximum Gasteiger partial charge on any atom is 0.251 e. The van der Waals surface area contributed by atoms with Crippen LogP contribution < -0.4 is 5.32 Å². The quantitative estimate of drug-likeness (QED) is 0.742. The van der Waals surface area contributed by atoms with E-state index in [1.165, 1.54) is 6.33 Å². The van der Waals surface area contributed by atoms with Gasteiger partial charge in [0.25, 0.3) is 5.91 Å². The number of aliphatic hydroxyl groups is 1. The van der Waals surface area contributed by atoms with Crippen molar-refractivity contribution in [3.05, 3.63) is 42.2 Å². The first-order valence-electron chi connectivity index (χ1n) is 8.66. The number of carbonyl (C=O) groups excluding carboxylic acids is 2. The standard InChI is InChI=1S/C17H22N6O3/c24-15-11-22(16(25)7-4-9-23-12-18-20-21-23)10-8-14(15)19-17(26)13-5-2-1-3-6-13/h1-3,5-6,12,14-15,24H,4,7-11H2,(H,19,26)/t14-,15-/m1/s1. The molecule has 0 radical (unpaired) electrons. The number of carbonyl (C=O) groups is 2. The molecule has 0 saturated carbocycles. The zero-order chi connectivity index (χ0) is 18.4. The molecule has 2 heterocycles. The molecule has 1 aliphatic rings. The number of aryl methyl sites for hydroxylation is 1. The Hall–Kier alpha value is -2.81. The Morgan fingerprint density at radius 2 is 2.08 bits per heavy atom. The van der Waals surface area contributed by atoms with Crippen LogP contribution in [0.3, 0.4) is 0 Å². The summed E-state index contributed by atoms with van der Waals surface area (Å²) in [5.74, 6) is -0.221. The van der Waals surface area contributed by atoms with Crippen molar-refractivity contribution >= 4 is 11.8 Å². The molecule has 0 bridgehead atoms. The summed E-state index contributed by atoms with van der Waals surface area (Å²) in [6.07, 6.45) is 2.26. The van der Waals surface area contributed by atoms with Crippen LogP contribution in [-0.4, -0.2) is 67.3 Å². The van der Waals surface area contributed by atoms with Crippen LogP contribution >= 0.6 is 0 Å². The lowest BCUT2D eigenvalue weighted by molar-refractivity contribution is -0.134. The van der Waals surface area contributed by atoms with Gasteiger partial charge in [0.1, 0.15) is 6.33 Å². The summed E-state index contributed by atoms with van der Waals surface area (Å²) in [6.45, 7) is 1.31. The minimum Gasteiger partial charge on any atom is -0.389 e. The molecule has 2 atom stereocenters. The third-order valence-electron chi connectivity index (χ3n) is 4.46. The van der Waals surface area contributed by atoms with Crippen LogP contribution in [0.1, 0.15) is 29.6 Å². The minimum atomic E-state index is -0.778. The highest BCUT2D eigenvalue weighted by Gasteiger charge is 2.31. The number of amides is 2. The van der Waals surface area contributed by atoms with Gasteiger partial charge in [-0.1, -0.05) is 18.2 Å². The molecule has 2 aromatic rings. The Morgan fingerprint density at radius 3 is 2.77 bits per heavy atom. The van der Waals surface area contributed by atoms with E-state index >= 15 is 0 Å². The predicted octanol–water partition coefficient (Wildman–Crippen LogP) is -0.155. The monoisotopic (exact) mass is 358 g/mol. The number of rotatable bonds is 6. The first-order chi connectivity index (χ1) is 12.6. The summed E-state index contributed by atoms with van der Waals surface area (Å²) in [6, 6.07) is 8.53. The van der Waals surface area contributed by atoms with Crippen LogP contribution in [0.2, 0.25) is 0 Å². The normalized spacial score (nSPS) is 20.0. The molecule has 0 unspecified atom stereocenters. The summed E-state index contributed by atoms with van der Waals surface area (Å²) in [4.78, 5) is 26.1. The van der Waals surface area contributed by atoms with Crippen LogP contribution in [0, 0.1) is 0 Å². The van der Waals surface area contributed by atoms with Gasteiger partial charge in [0.15, 0.2) is 0 Å². The second-order valence-electron chi connectivity index (χ2n) is 6.32. The minimum absolute atomic E-state index is 0.00930. The number of piperidine rings is 1. The van der Waals surface area contributed by atoms with Crippen molar-refractivity contribution in [3.8, 4) is 0 Å². The van der Waals surface area contributed by atoms with Gasteiger partial charge in [-0.25, -0.2) is 4.68 Å². The first kappa shape index (κ1) is 18.0. The van der Waals surface area contributed by atoms with E-state index in [-0.39, 0.29) is 24.4 Å². The average Bonchev–Trinajstić information content (AvgIpc) is 3.17. The lowest BCUT2D eigenvalue weighted by atomic mass is 10.0. The van der Waals surface area contributed by atoms with Crippen molar-refractivity contribution in [2.45, 2.75) is 38.0 Å². The van der Waals surface area contributed by atoms with Crippen LogP contribution in [-0.2, 0) is 11.3 Å². The SMILES string of the molecule is O=C(N[C@@H]1CCN(C(=O)CCCn2cnnn2)C[C@H]1O)c1ccccc1. The Kier molecular flexibility index (Phi) is 5.90. The van der Waals surface area contributed by atoms with Gasteiger partial charge in [-0.05, 0) is 35.4 Å². The van der Waals surface area contributed by atoms with E-state index in [2.05, 4.69) is 20.8 Å². The zero-order valence-corrected chi connectivity index (χ0v) is 14.4. The summed E-state index contributed by atoms with van der Waals surface area (Å²) in [5.41, 5.74) is 0.556. The number of β-amino-alcohol motifs (C(OH)–C–C–N with tert-alkyl or cyclic N) is 1. The second-order valence-corrected chi connectivity index (χ2v) is 6.32. The van der Waals surface area contributed by atoms with Crippen molar-refractivity contribution in [2.75, 3.05) is 13.1 Å². The highest BCUT2D eigenvalue weighted by Crippen LogP contribution is 2.14. The highest BCUT2D eigenvalue weighted by atomic mass is 16.3. The molecule has 26 heavy (non-hydrogen) atoms. The van der Waals surface area contributed by atoms with E-state index in [4.69, 9.17) is 0 Å². The number of hydrogen-bond donors (Lipinski definition) is 2. The van der Waals surface area contributed by atoms with E-state index in [9.17, 15) is 14.7 Å². The Bertz CT molecular complexity index is 721. The maximum absolute atomic E-state index is 12.3. The molecular formula is C17H22N6O3. The van der Waals surface area contributed by atoms with Crippen molar-refractivity contribution in [1.29, 1.82) is 0 Å². The van der Waals surface area contributed by atoms with E-state index in [0.717, 1.165) is 0 Å². The third kappa shape index (κ3) is 4.63. The number of aliphatic hydroxyl groups excluding tert-OH is 1. The lowest BCUT2D eigenvalue weighted by Crippen LogP contribution is -2.55. The fourth-order valence-corrected chi connectivity index (χ4v) is 3.00. The summed E-state index contributed by atoms with van der Waals surface area (Å²) in [5, 5.41) is 24.0. The molecule has 1 aromatic heterocycles. The van der Waals surface area contributed by atoms with Crippen LogP contribution in [0.25, 0.3) is 0 Å². The van der Waals surface area contributed by atoms with E-state index in [1.54, 1.807) is 33.8 Å². The number of benzene rings is 1. The number of nitrogens with zero attached hydrogens (tertiary/aromatic N) is 5. The summed E-state index contributed by atoms with van der Waals surface area (Å²) in [7, 11) is 0. The van der Waals surface area contributed by atoms with Crippen LogP contribution in [0.15, 0.2) is 36.7 Å². The molecule has 9 heteroatoms. The molecule has 0 aliphatic carbocycles. The zero-order valence-electron chi connectivity index (χ0n) is 14.4. The van der Waals surface area contributed by atoms with E-state index < -0.39 is 6.10 Å². The van der Waals surface area contributed by atoms with Gasteiger partial charge >= 0.3 is 0 Å². The fraction of sp³-hybridized carbons (Fsp3) is 0.471. The molecule has 9 nitrogen and oxygen atoms in total. The van der Waals surface area contributed by atoms with Gasteiger partial charge < -0.3 is 15.3 Å². The Balaban J connectivity index is 1.44. The molecule has 2 amide bonds. The van der Waals surface area contributed by atoms with Crippen molar-refractivity contribution in [3.63, 3.8) is 0 Å². The largest absolute Gasteiger partial charge is 0.389 e. The topological polar surface area (TPSA) is 113 Å². The molecule has 1 aromatic carbocycles. The highest BCUT2D eigenvalue weighted by molar-refractivity contribution is 5.94. The van der Waals surface area contributed by atoms with E-state index in [1.807, 2.05) is 6.07 Å². The summed E-state index contributed by atoms with van der Waals surface area (Å²) >= 11 is 0.